The highest BCUT2D eigenvalue weighted by Gasteiger charge is 2.31. The summed E-state index contributed by atoms with van der Waals surface area (Å²) >= 11 is 0. The predicted octanol–water partition coefficient (Wildman–Crippen LogP) is 2.93. The lowest BCUT2D eigenvalue weighted by molar-refractivity contribution is 0.196. The van der Waals surface area contributed by atoms with Crippen molar-refractivity contribution in [2.24, 2.45) is 10.8 Å². The van der Waals surface area contributed by atoms with E-state index in [0.717, 1.165) is 22.6 Å². The highest BCUT2D eigenvalue weighted by molar-refractivity contribution is 6.03. The summed E-state index contributed by atoms with van der Waals surface area (Å²) in [6.07, 6.45) is 0.638. The summed E-state index contributed by atoms with van der Waals surface area (Å²) in [6, 6.07) is 16.7. The lowest BCUT2D eigenvalue weighted by Crippen LogP contribution is -2.31. The number of amides is 2. The van der Waals surface area contributed by atoms with Gasteiger partial charge in [0.15, 0.2) is 0 Å². The Labute approximate surface area is 129 Å². The van der Waals surface area contributed by atoms with Gasteiger partial charge in [0, 0.05) is 6.42 Å². The number of rotatable bonds is 3. The maximum Gasteiger partial charge on any atom is 0.335 e. The Balaban J connectivity index is 1.90. The van der Waals surface area contributed by atoms with Gasteiger partial charge in [-0.25, -0.2) is 9.80 Å². The molecule has 22 heavy (non-hydrogen) atoms. The zero-order valence-electron chi connectivity index (χ0n) is 12.3. The molecule has 0 aromatic heterocycles. The first-order valence-corrected chi connectivity index (χ1v) is 7.04. The van der Waals surface area contributed by atoms with E-state index in [9.17, 15) is 4.79 Å². The molecule has 0 aliphatic carbocycles. The van der Waals surface area contributed by atoms with Crippen LogP contribution in [0.4, 0.5) is 4.79 Å². The van der Waals surface area contributed by atoms with Crippen LogP contribution in [0.2, 0.25) is 0 Å². The smallest absolute Gasteiger partial charge is 0.335 e. The molecule has 2 aromatic rings. The number of urea groups is 1. The van der Waals surface area contributed by atoms with E-state index < -0.39 is 6.03 Å². The number of hydrogen-bond donors (Lipinski definition) is 1. The third-order valence-electron chi connectivity index (χ3n) is 3.74. The second-order valence-electron chi connectivity index (χ2n) is 5.09. The summed E-state index contributed by atoms with van der Waals surface area (Å²) in [5, 5.41) is 5.76. The monoisotopic (exact) mass is 295 g/mol. The average Bonchev–Trinajstić information content (AvgIpc) is 3.01. The molecule has 0 radical (unpaired) electrons. The average molecular weight is 295 g/mol. The van der Waals surface area contributed by atoms with Crippen LogP contribution in [0.1, 0.15) is 23.6 Å². The van der Waals surface area contributed by atoms with Crippen LogP contribution in [-0.4, -0.2) is 23.9 Å². The van der Waals surface area contributed by atoms with Crippen molar-refractivity contribution in [1.29, 1.82) is 0 Å². The minimum atomic E-state index is -0.544. The number of nitrogens with zero attached hydrogens (tertiary/aromatic N) is 2. The van der Waals surface area contributed by atoms with Crippen LogP contribution in [0.3, 0.4) is 0 Å². The van der Waals surface area contributed by atoms with E-state index in [1.54, 1.807) is 7.11 Å². The Morgan fingerprint density at radius 1 is 1.18 bits per heavy atom. The van der Waals surface area contributed by atoms with E-state index in [0.29, 0.717) is 6.42 Å². The number of benzene rings is 2. The predicted molar refractivity (Wildman–Crippen MR) is 84.8 cm³/mol. The van der Waals surface area contributed by atoms with Gasteiger partial charge in [0.2, 0.25) is 0 Å². The quantitative estimate of drug-likeness (QED) is 0.946. The van der Waals surface area contributed by atoms with Crippen LogP contribution in [0.15, 0.2) is 59.7 Å². The summed E-state index contributed by atoms with van der Waals surface area (Å²) in [5.74, 6) is 0.786. The van der Waals surface area contributed by atoms with Crippen molar-refractivity contribution in [2.45, 2.75) is 12.5 Å². The van der Waals surface area contributed by atoms with E-state index in [1.165, 1.54) is 5.01 Å². The Hall–Kier alpha value is -2.82. The maximum atomic E-state index is 11.7. The van der Waals surface area contributed by atoms with Crippen LogP contribution in [0.5, 0.6) is 5.75 Å². The number of carbonyl (C=O) groups excluding carboxylic acids is 1. The van der Waals surface area contributed by atoms with Gasteiger partial charge >= 0.3 is 6.03 Å². The van der Waals surface area contributed by atoms with Gasteiger partial charge in [-0.15, -0.1) is 0 Å². The lowest BCUT2D eigenvalue weighted by Gasteiger charge is -2.19. The molecule has 2 aromatic carbocycles. The molecule has 1 heterocycles. The van der Waals surface area contributed by atoms with Crippen LogP contribution in [0.25, 0.3) is 0 Å². The van der Waals surface area contributed by atoms with Crippen molar-refractivity contribution < 1.29 is 9.53 Å². The van der Waals surface area contributed by atoms with E-state index >= 15 is 0 Å². The van der Waals surface area contributed by atoms with Crippen molar-refractivity contribution in [3.05, 3.63) is 65.7 Å². The van der Waals surface area contributed by atoms with E-state index in [-0.39, 0.29) is 6.04 Å². The zero-order valence-corrected chi connectivity index (χ0v) is 12.3. The number of hydrazone groups is 1. The highest BCUT2D eigenvalue weighted by atomic mass is 16.5. The SMILES string of the molecule is COc1ccc(C2=NN(C(N)=O)[C@@H](c3ccccc3)C2)cc1. The summed E-state index contributed by atoms with van der Waals surface area (Å²) in [5.41, 5.74) is 8.30. The van der Waals surface area contributed by atoms with Gasteiger partial charge < -0.3 is 10.5 Å². The molecule has 1 aliphatic rings. The number of nitrogens with two attached hydrogens (primary N) is 1. The third kappa shape index (κ3) is 2.65. The Bertz CT molecular complexity index is 696. The molecule has 0 saturated heterocycles. The topological polar surface area (TPSA) is 67.9 Å². The molecule has 0 fully saturated rings. The molecular weight excluding hydrogens is 278 g/mol. The minimum Gasteiger partial charge on any atom is -0.497 e. The molecule has 1 aliphatic heterocycles. The largest absolute Gasteiger partial charge is 0.497 e. The second kappa shape index (κ2) is 5.89. The number of primary amides is 1. The number of carbonyl (C=O) groups is 1. The molecule has 5 heteroatoms. The number of methoxy groups -OCH3 is 1. The van der Waals surface area contributed by atoms with Crippen molar-refractivity contribution in [2.75, 3.05) is 7.11 Å². The van der Waals surface area contributed by atoms with Gasteiger partial charge in [-0.05, 0) is 35.4 Å². The number of hydrogen-bond acceptors (Lipinski definition) is 3. The van der Waals surface area contributed by atoms with Crippen molar-refractivity contribution in [1.82, 2.24) is 5.01 Å². The van der Waals surface area contributed by atoms with Gasteiger partial charge in [0.25, 0.3) is 0 Å². The van der Waals surface area contributed by atoms with Crippen LogP contribution >= 0.6 is 0 Å². The van der Waals surface area contributed by atoms with Gasteiger partial charge in [0.05, 0.1) is 18.9 Å². The lowest BCUT2D eigenvalue weighted by atomic mass is 9.98. The summed E-state index contributed by atoms with van der Waals surface area (Å²) in [6.45, 7) is 0. The van der Waals surface area contributed by atoms with E-state index in [2.05, 4.69) is 5.10 Å². The molecule has 112 valence electrons. The molecule has 0 saturated carbocycles. The molecule has 0 unspecified atom stereocenters. The fourth-order valence-electron chi connectivity index (χ4n) is 2.61. The van der Waals surface area contributed by atoms with Gasteiger partial charge in [0.1, 0.15) is 5.75 Å². The van der Waals surface area contributed by atoms with Crippen LogP contribution in [0, 0.1) is 0 Å². The molecule has 0 spiro atoms. The molecular formula is C17H17N3O2. The van der Waals surface area contributed by atoms with Crippen LogP contribution < -0.4 is 10.5 Å². The van der Waals surface area contributed by atoms with Crippen molar-refractivity contribution in [3.8, 4) is 5.75 Å². The van der Waals surface area contributed by atoms with Gasteiger partial charge in [-0.3, -0.25) is 0 Å². The Morgan fingerprint density at radius 3 is 2.45 bits per heavy atom. The Morgan fingerprint density at radius 2 is 1.86 bits per heavy atom. The first-order chi connectivity index (χ1) is 10.7. The summed E-state index contributed by atoms with van der Waals surface area (Å²) < 4.78 is 5.16. The molecule has 2 amide bonds. The molecule has 3 rings (SSSR count). The molecule has 0 bridgehead atoms. The second-order valence-corrected chi connectivity index (χ2v) is 5.09. The minimum absolute atomic E-state index is 0.157. The molecule has 1 atom stereocenters. The first kappa shape index (κ1) is 14.1. The molecule has 2 N–H and O–H groups in total. The standard InChI is InChI=1S/C17H17N3O2/c1-22-14-9-7-12(8-10-14)15-11-16(20(19-15)17(18)21)13-5-3-2-4-6-13/h2-10,16H,11H2,1H3,(H2,18,21)/t16-/m1/s1. The third-order valence-corrected chi connectivity index (χ3v) is 3.74. The fraction of sp³-hybridized carbons (Fsp3) is 0.176. The van der Waals surface area contributed by atoms with E-state index in [4.69, 9.17) is 10.5 Å². The fourth-order valence-corrected chi connectivity index (χ4v) is 2.61. The van der Waals surface area contributed by atoms with Gasteiger partial charge in [-0.2, -0.15) is 5.10 Å². The highest BCUT2D eigenvalue weighted by Crippen LogP contribution is 2.32. The van der Waals surface area contributed by atoms with Gasteiger partial charge in [-0.1, -0.05) is 30.3 Å². The number of ether oxygens (including phenoxy) is 1. The summed E-state index contributed by atoms with van der Waals surface area (Å²) in [4.78, 5) is 11.7. The summed E-state index contributed by atoms with van der Waals surface area (Å²) in [7, 11) is 1.63. The first-order valence-electron chi connectivity index (χ1n) is 7.04. The van der Waals surface area contributed by atoms with Crippen molar-refractivity contribution >= 4 is 11.7 Å². The van der Waals surface area contributed by atoms with Crippen LogP contribution in [-0.2, 0) is 0 Å². The molecule has 5 nitrogen and oxygen atoms in total. The van der Waals surface area contributed by atoms with E-state index in [1.807, 2.05) is 54.6 Å². The Kier molecular flexibility index (Phi) is 3.78. The van der Waals surface area contributed by atoms with Crippen molar-refractivity contribution in [3.63, 3.8) is 0 Å². The maximum absolute atomic E-state index is 11.7. The zero-order chi connectivity index (χ0) is 15.5. The normalized spacial score (nSPS) is 17.2.